The molecular weight excluding hydrogens is 376 g/mol. The third-order valence-corrected chi connectivity index (χ3v) is 5.33. The molecule has 0 amide bonds. The highest BCUT2D eigenvalue weighted by atomic mass is 35.5. The van der Waals surface area contributed by atoms with Crippen LogP contribution in [0.5, 0.6) is 5.88 Å². The Hall–Kier alpha value is -2.44. The highest BCUT2D eigenvalue weighted by Gasteiger charge is 2.28. The molecule has 1 aliphatic rings. The van der Waals surface area contributed by atoms with Crippen molar-refractivity contribution in [2.45, 2.75) is 44.3 Å². The first-order valence-electron chi connectivity index (χ1n) is 9.51. The number of rotatable bonds is 6. The van der Waals surface area contributed by atoms with Crippen molar-refractivity contribution >= 4 is 11.6 Å². The van der Waals surface area contributed by atoms with Crippen LogP contribution in [0, 0.1) is 0 Å². The highest BCUT2D eigenvalue weighted by molar-refractivity contribution is 6.30. The Balaban J connectivity index is 1.51. The fourth-order valence-electron chi connectivity index (χ4n) is 3.72. The maximum absolute atomic E-state index is 6.06. The Morgan fingerprint density at radius 3 is 2.50 bits per heavy atom. The number of halogens is 1. The van der Waals surface area contributed by atoms with E-state index in [1.165, 1.54) is 0 Å². The minimum Gasteiger partial charge on any atom is -0.474 e. The van der Waals surface area contributed by atoms with E-state index < -0.39 is 0 Å². The zero-order valence-electron chi connectivity index (χ0n) is 15.8. The summed E-state index contributed by atoms with van der Waals surface area (Å²) < 4.78 is 13.4. The molecule has 146 valence electrons. The Morgan fingerprint density at radius 2 is 1.82 bits per heavy atom. The van der Waals surface area contributed by atoms with Gasteiger partial charge < -0.3 is 9.47 Å². The number of aromatic nitrogens is 4. The third kappa shape index (κ3) is 4.18. The van der Waals surface area contributed by atoms with Crippen LogP contribution in [0.25, 0.3) is 5.69 Å². The maximum atomic E-state index is 6.06. The van der Waals surface area contributed by atoms with Crippen molar-refractivity contribution in [1.82, 2.24) is 19.7 Å². The number of hydrogen-bond acceptors (Lipinski definition) is 5. The van der Waals surface area contributed by atoms with Crippen molar-refractivity contribution in [2.24, 2.45) is 0 Å². The SMILES string of the molecule is COCc1nnc(C2CCC(Oc3ccccn3)CC2)n1-c1ccc(Cl)cc1. The van der Waals surface area contributed by atoms with Crippen LogP contribution < -0.4 is 4.74 Å². The molecule has 0 aliphatic heterocycles. The van der Waals surface area contributed by atoms with Crippen molar-refractivity contribution in [3.8, 4) is 11.6 Å². The molecule has 1 aromatic carbocycles. The number of ether oxygens (including phenoxy) is 2. The van der Waals surface area contributed by atoms with E-state index in [1.807, 2.05) is 42.5 Å². The molecule has 0 N–H and O–H groups in total. The molecule has 1 aliphatic carbocycles. The predicted octanol–water partition coefficient (Wildman–Crippen LogP) is 4.57. The van der Waals surface area contributed by atoms with E-state index in [2.05, 4.69) is 19.7 Å². The van der Waals surface area contributed by atoms with Crippen LogP contribution in [0.15, 0.2) is 48.7 Å². The fraction of sp³-hybridized carbons (Fsp3) is 0.381. The van der Waals surface area contributed by atoms with Crippen molar-refractivity contribution in [2.75, 3.05) is 7.11 Å². The summed E-state index contributed by atoms with van der Waals surface area (Å²) in [5.41, 5.74) is 1.00. The van der Waals surface area contributed by atoms with E-state index in [4.69, 9.17) is 21.1 Å². The molecule has 0 radical (unpaired) electrons. The zero-order chi connectivity index (χ0) is 19.3. The quantitative estimate of drug-likeness (QED) is 0.608. The minimum absolute atomic E-state index is 0.191. The fourth-order valence-corrected chi connectivity index (χ4v) is 3.84. The average molecular weight is 399 g/mol. The van der Waals surface area contributed by atoms with Gasteiger partial charge in [0.1, 0.15) is 18.5 Å². The lowest BCUT2D eigenvalue weighted by atomic mass is 9.86. The summed E-state index contributed by atoms with van der Waals surface area (Å²) in [5.74, 6) is 2.80. The van der Waals surface area contributed by atoms with E-state index >= 15 is 0 Å². The summed E-state index contributed by atoms with van der Waals surface area (Å²) in [4.78, 5) is 4.26. The smallest absolute Gasteiger partial charge is 0.213 e. The number of pyridine rings is 1. The Bertz CT molecular complexity index is 891. The summed E-state index contributed by atoms with van der Waals surface area (Å²) >= 11 is 6.06. The third-order valence-electron chi connectivity index (χ3n) is 5.08. The number of benzene rings is 1. The molecule has 28 heavy (non-hydrogen) atoms. The topological polar surface area (TPSA) is 62.1 Å². The van der Waals surface area contributed by atoms with E-state index in [1.54, 1.807) is 13.3 Å². The van der Waals surface area contributed by atoms with Crippen LogP contribution in [0.2, 0.25) is 5.02 Å². The molecule has 0 atom stereocenters. The van der Waals surface area contributed by atoms with Crippen LogP contribution in [0.1, 0.15) is 43.3 Å². The lowest BCUT2D eigenvalue weighted by Crippen LogP contribution is -2.25. The lowest BCUT2D eigenvalue weighted by molar-refractivity contribution is 0.138. The second-order valence-corrected chi connectivity index (χ2v) is 7.42. The van der Waals surface area contributed by atoms with Gasteiger partial charge in [0.2, 0.25) is 5.88 Å². The summed E-state index contributed by atoms with van der Waals surface area (Å²) in [6.07, 6.45) is 5.87. The number of methoxy groups -OCH3 is 1. The van der Waals surface area contributed by atoms with Crippen molar-refractivity contribution < 1.29 is 9.47 Å². The molecule has 0 bridgehead atoms. The normalized spacial score (nSPS) is 19.5. The van der Waals surface area contributed by atoms with Crippen LogP contribution in [-0.4, -0.2) is 33.0 Å². The molecule has 3 aromatic rings. The van der Waals surface area contributed by atoms with Gasteiger partial charge in [0.05, 0.1) is 0 Å². The van der Waals surface area contributed by atoms with Gasteiger partial charge in [-0.1, -0.05) is 17.7 Å². The molecule has 0 unspecified atom stereocenters. The van der Waals surface area contributed by atoms with Crippen LogP contribution in [-0.2, 0) is 11.3 Å². The molecule has 2 heterocycles. The zero-order valence-corrected chi connectivity index (χ0v) is 16.5. The standard InChI is InChI=1S/C21H23ClN4O2/c1-27-14-19-24-25-21(26(19)17-9-7-16(22)8-10-17)15-5-11-18(12-6-15)28-20-4-2-3-13-23-20/h2-4,7-10,13,15,18H,5-6,11-12,14H2,1H3. The highest BCUT2D eigenvalue weighted by Crippen LogP contribution is 2.35. The second kappa shape index (κ2) is 8.71. The predicted molar refractivity (Wildman–Crippen MR) is 107 cm³/mol. The van der Waals surface area contributed by atoms with Crippen LogP contribution in [0.4, 0.5) is 0 Å². The Kier molecular flexibility index (Phi) is 5.88. The molecule has 0 spiro atoms. The molecule has 6 nitrogen and oxygen atoms in total. The van der Waals surface area contributed by atoms with Gasteiger partial charge in [0, 0.05) is 36.0 Å². The summed E-state index contributed by atoms with van der Waals surface area (Å²) in [5, 5.41) is 9.60. The Morgan fingerprint density at radius 1 is 1.04 bits per heavy atom. The largest absolute Gasteiger partial charge is 0.474 e. The van der Waals surface area contributed by atoms with Crippen molar-refractivity contribution in [1.29, 1.82) is 0 Å². The minimum atomic E-state index is 0.191. The molecule has 0 saturated heterocycles. The van der Waals surface area contributed by atoms with Crippen molar-refractivity contribution in [3.63, 3.8) is 0 Å². The number of nitrogens with zero attached hydrogens (tertiary/aromatic N) is 4. The summed E-state index contributed by atoms with van der Waals surface area (Å²) in [6, 6.07) is 13.5. The monoisotopic (exact) mass is 398 g/mol. The molecule has 4 rings (SSSR count). The van der Waals surface area contributed by atoms with Gasteiger partial charge in [-0.25, -0.2) is 4.98 Å². The summed E-state index contributed by atoms with van der Waals surface area (Å²) in [6.45, 7) is 0.410. The summed E-state index contributed by atoms with van der Waals surface area (Å²) in [7, 11) is 1.67. The van der Waals surface area contributed by atoms with Gasteiger partial charge in [-0.3, -0.25) is 4.57 Å². The molecule has 1 fully saturated rings. The first-order chi connectivity index (χ1) is 13.7. The first kappa shape index (κ1) is 18.9. The van der Waals surface area contributed by atoms with Gasteiger partial charge in [0.25, 0.3) is 0 Å². The molecular formula is C21H23ClN4O2. The van der Waals surface area contributed by atoms with E-state index in [-0.39, 0.29) is 6.10 Å². The van der Waals surface area contributed by atoms with Crippen molar-refractivity contribution in [3.05, 3.63) is 65.3 Å². The van der Waals surface area contributed by atoms with Gasteiger partial charge in [-0.2, -0.15) is 0 Å². The van der Waals surface area contributed by atoms with E-state index in [0.717, 1.165) is 43.0 Å². The average Bonchev–Trinajstić information content (AvgIpc) is 3.14. The Labute approximate surface area is 169 Å². The molecule has 7 heteroatoms. The molecule has 2 aromatic heterocycles. The molecule has 1 saturated carbocycles. The maximum Gasteiger partial charge on any atom is 0.213 e. The van der Waals surface area contributed by atoms with Gasteiger partial charge in [0.15, 0.2) is 5.82 Å². The van der Waals surface area contributed by atoms with Crippen LogP contribution >= 0.6 is 11.6 Å². The number of hydrogen-bond donors (Lipinski definition) is 0. The van der Waals surface area contributed by atoms with Crippen LogP contribution in [0.3, 0.4) is 0 Å². The van der Waals surface area contributed by atoms with E-state index in [9.17, 15) is 0 Å². The van der Waals surface area contributed by atoms with E-state index in [0.29, 0.717) is 23.4 Å². The van der Waals surface area contributed by atoms with Gasteiger partial charge in [-0.05, 0) is 56.0 Å². The van der Waals surface area contributed by atoms with Gasteiger partial charge >= 0.3 is 0 Å². The second-order valence-electron chi connectivity index (χ2n) is 6.98. The first-order valence-corrected chi connectivity index (χ1v) is 9.89. The lowest BCUT2D eigenvalue weighted by Gasteiger charge is -2.28. The van der Waals surface area contributed by atoms with Gasteiger partial charge in [-0.15, -0.1) is 10.2 Å².